The van der Waals surface area contributed by atoms with Crippen molar-refractivity contribution < 1.29 is 24.2 Å². The van der Waals surface area contributed by atoms with Crippen molar-refractivity contribution >= 4 is 11.8 Å². The number of ketones is 1. The highest BCUT2D eigenvalue weighted by Crippen LogP contribution is 2.45. The van der Waals surface area contributed by atoms with Crippen molar-refractivity contribution in [3.63, 3.8) is 0 Å². The second-order valence-electron chi connectivity index (χ2n) is 6.49. The molecule has 26 heavy (non-hydrogen) atoms. The number of aliphatic hydroxyl groups excluding tert-OH is 1. The first-order valence-corrected chi connectivity index (χ1v) is 8.52. The quantitative estimate of drug-likeness (QED) is 0.663. The zero-order valence-corrected chi connectivity index (χ0v) is 14.4. The van der Waals surface area contributed by atoms with Gasteiger partial charge in [-0.05, 0) is 17.7 Å². The fraction of sp³-hybridized carbons (Fsp3) is 0.300. The molecule has 134 valence electrons. The zero-order valence-electron chi connectivity index (χ0n) is 14.4. The van der Waals surface area contributed by atoms with Gasteiger partial charge in [-0.2, -0.15) is 0 Å². The summed E-state index contributed by atoms with van der Waals surface area (Å²) in [4.78, 5) is 25.1. The van der Waals surface area contributed by atoms with Gasteiger partial charge in [0.25, 0.3) is 0 Å². The molecular formula is C20H19NO5. The van der Waals surface area contributed by atoms with Gasteiger partial charge in [-0.1, -0.05) is 30.3 Å². The summed E-state index contributed by atoms with van der Waals surface area (Å²) < 4.78 is 12.1. The highest BCUT2D eigenvalue weighted by molar-refractivity contribution is 6.25. The number of Topliss-reactive ketones (excluding diaryl/α,β-unsaturated/α-hetero) is 1. The van der Waals surface area contributed by atoms with E-state index in [0.717, 1.165) is 11.3 Å². The number of nitrogens with zero attached hydrogens (tertiary/aromatic N) is 1. The molecule has 2 aliphatic rings. The second kappa shape index (κ2) is 6.14. The molecule has 1 N–H and O–H groups in total. The van der Waals surface area contributed by atoms with Crippen molar-refractivity contribution in [1.82, 2.24) is 4.57 Å². The third-order valence-electron chi connectivity index (χ3n) is 5.23. The third kappa shape index (κ3) is 2.22. The van der Waals surface area contributed by atoms with E-state index in [4.69, 9.17) is 9.47 Å². The number of methoxy groups -OCH3 is 1. The van der Waals surface area contributed by atoms with Crippen LogP contribution in [0.1, 0.15) is 23.3 Å². The van der Waals surface area contributed by atoms with E-state index in [1.807, 2.05) is 41.0 Å². The number of ether oxygens (including phenoxy) is 2. The predicted octanol–water partition coefficient (Wildman–Crippen LogP) is 2.84. The van der Waals surface area contributed by atoms with Crippen LogP contribution in [-0.2, 0) is 19.8 Å². The Balaban J connectivity index is 1.99. The Hall–Kier alpha value is -2.86. The van der Waals surface area contributed by atoms with E-state index >= 15 is 0 Å². The van der Waals surface area contributed by atoms with E-state index in [-0.39, 0.29) is 11.3 Å². The van der Waals surface area contributed by atoms with Gasteiger partial charge in [-0.15, -0.1) is 0 Å². The Kier molecular flexibility index (Phi) is 3.92. The van der Waals surface area contributed by atoms with Crippen molar-refractivity contribution in [3.05, 3.63) is 59.5 Å². The molecule has 1 aromatic carbocycles. The van der Waals surface area contributed by atoms with Crippen molar-refractivity contribution in [2.45, 2.75) is 18.4 Å². The number of fused-ring (bicyclic) bond motifs is 2. The van der Waals surface area contributed by atoms with Crippen LogP contribution in [0.4, 0.5) is 0 Å². The first-order valence-electron chi connectivity index (χ1n) is 8.52. The van der Waals surface area contributed by atoms with Crippen molar-refractivity contribution in [3.8, 4) is 11.3 Å². The minimum absolute atomic E-state index is 0.224. The smallest absolute Gasteiger partial charge is 0.345 e. The van der Waals surface area contributed by atoms with Crippen LogP contribution < -0.4 is 0 Å². The minimum Gasteiger partial charge on any atom is -0.509 e. The largest absolute Gasteiger partial charge is 0.509 e. The summed E-state index contributed by atoms with van der Waals surface area (Å²) in [7, 11) is 1.20. The molecule has 1 aromatic heterocycles. The minimum atomic E-state index is -0.889. The number of carbonyl (C=O) groups excluding carboxylic acids is 2. The standard InChI is InChI=1S/C20H19NO5/c1-25-19(24)16-17(22)15-8-7-14(13-5-3-2-4-6-13)21(15)20(18(16)23)9-11-26-12-10-20/h2-8,23H,9-12H2,1H3. The topological polar surface area (TPSA) is 77.8 Å². The molecule has 0 aliphatic carbocycles. The molecule has 1 fully saturated rings. The zero-order chi connectivity index (χ0) is 18.3. The Morgan fingerprint density at radius 1 is 1.12 bits per heavy atom. The average molecular weight is 353 g/mol. The van der Waals surface area contributed by atoms with Gasteiger partial charge < -0.3 is 19.1 Å². The first kappa shape index (κ1) is 16.6. The summed E-state index contributed by atoms with van der Waals surface area (Å²) in [6, 6.07) is 13.2. The first-order chi connectivity index (χ1) is 12.6. The van der Waals surface area contributed by atoms with Crippen LogP contribution in [0.25, 0.3) is 11.3 Å². The maximum absolute atomic E-state index is 12.9. The molecule has 2 aliphatic heterocycles. The molecule has 0 bridgehead atoms. The van der Waals surface area contributed by atoms with Crippen LogP contribution in [-0.4, -0.2) is 41.7 Å². The molecule has 4 rings (SSSR count). The molecule has 0 atom stereocenters. The van der Waals surface area contributed by atoms with Gasteiger partial charge >= 0.3 is 5.97 Å². The molecule has 6 heteroatoms. The number of rotatable bonds is 2. The molecule has 3 heterocycles. The lowest BCUT2D eigenvalue weighted by Crippen LogP contribution is -2.47. The molecule has 0 radical (unpaired) electrons. The van der Waals surface area contributed by atoms with Crippen molar-refractivity contribution in [2.24, 2.45) is 0 Å². The number of hydrogen-bond acceptors (Lipinski definition) is 5. The maximum Gasteiger partial charge on any atom is 0.345 e. The Bertz CT molecular complexity index is 904. The fourth-order valence-corrected chi connectivity index (χ4v) is 3.94. The van der Waals surface area contributed by atoms with Crippen LogP contribution >= 0.6 is 0 Å². The normalized spacial score (nSPS) is 18.7. The van der Waals surface area contributed by atoms with E-state index in [9.17, 15) is 14.7 Å². The molecular weight excluding hydrogens is 334 g/mol. The van der Waals surface area contributed by atoms with Gasteiger partial charge in [-0.25, -0.2) is 4.79 Å². The van der Waals surface area contributed by atoms with Gasteiger partial charge in [0.05, 0.1) is 12.8 Å². The number of esters is 1. The van der Waals surface area contributed by atoms with E-state index in [0.29, 0.717) is 31.7 Å². The summed E-state index contributed by atoms with van der Waals surface area (Å²) >= 11 is 0. The highest BCUT2D eigenvalue weighted by Gasteiger charge is 2.49. The lowest BCUT2D eigenvalue weighted by molar-refractivity contribution is -0.136. The van der Waals surface area contributed by atoms with E-state index in [1.165, 1.54) is 7.11 Å². The summed E-state index contributed by atoms with van der Waals surface area (Å²) in [6.07, 6.45) is 0.933. The molecule has 1 spiro atoms. The van der Waals surface area contributed by atoms with E-state index < -0.39 is 17.3 Å². The van der Waals surface area contributed by atoms with Gasteiger partial charge in [0, 0.05) is 31.7 Å². The molecule has 6 nitrogen and oxygen atoms in total. The highest BCUT2D eigenvalue weighted by atomic mass is 16.5. The Labute approximate surface area is 150 Å². The van der Waals surface area contributed by atoms with Gasteiger partial charge in [0.1, 0.15) is 16.9 Å². The summed E-state index contributed by atoms with van der Waals surface area (Å²) in [5, 5.41) is 11.0. The van der Waals surface area contributed by atoms with Gasteiger partial charge in [0.2, 0.25) is 5.78 Å². The van der Waals surface area contributed by atoms with E-state index in [2.05, 4.69) is 0 Å². The molecule has 0 amide bonds. The fourth-order valence-electron chi connectivity index (χ4n) is 3.94. The Morgan fingerprint density at radius 3 is 2.42 bits per heavy atom. The van der Waals surface area contributed by atoms with Crippen molar-refractivity contribution in [1.29, 1.82) is 0 Å². The number of allylic oxidation sites excluding steroid dienone is 1. The van der Waals surface area contributed by atoms with E-state index in [1.54, 1.807) is 6.07 Å². The predicted molar refractivity (Wildman–Crippen MR) is 93.9 cm³/mol. The van der Waals surface area contributed by atoms with Crippen LogP contribution in [0.3, 0.4) is 0 Å². The number of hydrogen-bond donors (Lipinski definition) is 1. The summed E-state index contributed by atoms with van der Waals surface area (Å²) in [5.41, 5.74) is 0.973. The van der Waals surface area contributed by atoms with Crippen LogP contribution in [0.15, 0.2) is 53.8 Å². The second-order valence-corrected chi connectivity index (χ2v) is 6.49. The van der Waals surface area contributed by atoms with Crippen LogP contribution in [0, 0.1) is 0 Å². The van der Waals surface area contributed by atoms with Gasteiger partial charge in [0.15, 0.2) is 0 Å². The molecule has 1 saturated heterocycles. The van der Waals surface area contributed by atoms with Crippen LogP contribution in [0.5, 0.6) is 0 Å². The number of benzene rings is 1. The molecule has 0 saturated carbocycles. The number of aliphatic hydroxyl groups is 1. The monoisotopic (exact) mass is 353 g/mol. The Morgan fingerprint density at radius 2 is 1.77 bits per heavy atom. The SMILES string of the molecule is COC(=O)C1=C(O)C2(CCOCC2)n2c(ccc2-c2ccccc2)C1=O. The van der Waals surface area contributed by atoms with Crippen molar-refractivity contribution in [2.75, 3.05) is 20.3 Å². The molecule has 0 unspecified atom stereocenters. The summed E-state index contributed by atoms with van der Waals surface area (Å²) in [6.45, 7) is 0.858. The molecule has 2 aromatic rings. The maximum atomic E-state index is 12.9. The average Bonchev–Trinajstić information content (AvgIpc) is 3.14. The van der Waals surface area contributed by atoms with Gasteiger partial charge in [-0.3, -0.25) is 4.79 Å². The third-order valence-corrected chi connectivity index (χ3v) is 5.23. The number of carbonyl (C=O) groups is 2. The lowest BCUT2D eigenvalue weighted by Gasteiger charge is -2.43. The lowest BCUT2D eigenvalue weighted by atomic mass is 9.80. The summed E-state index contributed by atoms with van der Waals surface area (Å²) in [5.74, 6) is -1.56. The number of aromatic nitrogens is 1. The van der Waals surface area contributed by atoms with Crippen LogP contribution in [0.2, 0.25) is 0 Å².